The number of carbonyl (C=O) groups excluding carboxylic acids is 1. The van der Waals surface area contributed by atoms with Crippen LogP contribution in [0.4, 0.5) is 0 Å². The summed E-state index contributed by atoms with van der Waals surface area (Å²) in [4.78, 5) is 12.7. The van der Waals surface area contributed by atoms with Crippen molar-refractivity contribution in [1.29, 1.82) is 0 Å². The van der Waals surface area contributed by atoms with Crippen molar-refractivity contribution < 1.29 is 29.6 Å². The maximum Gasteiger partial charge on any atom is 0.342 e. The molecule has 3 N–H and O–H groups in total. The molecule has 0 bridgehead atoms. The lowest BCUT2D eigenvalue weighted by Gasteiger charge is -2.22. The van der Waals surface area contributed by atoms with Gasteiger partial charge < -0.3 is 24.8 Å². The van der Waals surface area contributed by atoms with Crippen LogP contribution in [0.25, 0.3) is 0 Å². The van der Waals surface area contributed by atoms with Crippen LogP contribution in [0.2, 0.25) is 0 Å². The van der Waals surface area contributed by atoms with Gasteiger partial charge in [-0.1, -0.05) is 26.0 Å². The van der Waals surface area contributed by atoms with Gasteiger partial charge in [0.25, 0.3) is 0 Å². The van der Waals surface area contributed by atoms with Gasteiger partial charge in [0.1, 0.15) is 23.2 Å². The number of benzene rings is 1. The molecule has 142 valence electrons. The Morgan fingerprint density at radius 1 is 1.19 bits per heavy atom. The number of aliphatic hydroxyl groups is 1. The lowest BCUT2D eigenvalue weighted by Crippen LogP contribution is -2.27. The minimum Gasteiger partial charge on any atom is -0.508 e. The minimum absolute atomic E-state index is 0.00813. The Hall–Kier alpha value is -2.05. The number of hydrogen-bond donors (Lipinski definition) is 3. The average Bonchev–Trinajstić information content (AvgIpc) is 3.27. The first-order valence-electron chi connectivity index (χ1n) is 9.11. The largest absolute Gasteiger partial charge is 0.508 e. The summed E-state index contributed by atoms with van der Waals surface area (Å²) in [5.74, 6) is -1.07. The normalized spacial score (nSPS) is 30.7. The third kappa shape index (κ3) is 4.37. The molecule has 2 aliphatic rings. The number of phenols is 2. The summed E-state index contributed by atoms with van der Waals surface area (Å²) < 4.78 is 11.4. The monoisotopic (exact) mass is 362 g/mol. The highest BCUT2D eigenvalue weighted by Gasteiger charge is 2.41. The van der Waals surface area contributed by atoms with Gasteiger partial charge in [-0.2, -0.15) is 0 Å². The summed E-state index contributed by atoms with van der Waals surface area (Å²) in [7, 11) is 0. The second-order valence-corrected chi connectivity index (χ2v) is 7.41. The number of epoxide rings is 1. The lowest BCUT2D eigenvalue weighted by molar-refractivity contribution is 0.0133. The SMILES string of the molecule is CC(C)[C@@H]1C[C@H]2O[C@@H]2CC/C=C/C(O)Cc2cc(O)cc(O)c2C(=O)O1. The van der Waals surface area contributed by atoms with E-state index in [2.05, 4.69) is 0 Å². The summed E-state index contributed by atoms with van der Waals surface area (Å²) in [5, 5.41) is 30.2. The van der Waals surface area contributed by atoms with Crippen molar-refractivity contribution in [3.8, 4) is 11.5 Å². The molecule has 0 aromatic heterocycles. The third-order valence-electron chi connectivity index (χ3n) is 4.95. The van der Waals surface area contributed by atoms with Crippen LogP contribution in [-0.4, -0.2) is 45.7 Å². The molecule has 1 aromatic rings. The Labute approximate surface area is 153 Å². The number of cyclic esters (lactones) is 1. The molecule has 2 aliphatic heterocycles. The van der Waals surface area contributed by atoms with Crippen molar-refractivity contribution in [3.05, 3.63) is 35.4 Å². The van der Waals surface area contributed by atoms with Crippen LogP contribution in [0.3, 0.4) is 0 Å². The number of aromatic hydroxyl groups is 2. The van der Waals surface area contributed by atoms with Crippen molar-refractivity contribution in [2.24, 2.45) is 5.92 Å². The predicted octanol–water partition coefficient (Wildman–Crippen LogP) is 2.69. The minimum atomic E-state index is -0.831. The highest BCUT2D eigenvalue weighted by molar-refractivity contribution is 5.94. The van der Waals surface area contributed by atoms with E-state index in [1.165, 1.54) is 6.07 Å². The van der Waals surface area contributed by atoms with Crippen LogP contribution in [-0.2, 0) is 15.9 Å². The number of ether oxygens (including phenoxy) is 2. The Kier molecular flexibility index (Phi) is 5.53. The maximum absolute atomic E-state index is 12.7. The van der Waals surface area contributed by atoms with E-state index in [0.717, 1.165) is 18.9 Å². The number of allylic oxidation sites excluding steroid dienone is 1. The zero-order valence-electron chi connectivity index (χ0n) is 15.1. The highest BCUT2D eigenvalue weighted by Crippen LogP contribution is 2.35. The summed E-state index contributed by atoms with van der Waals surface area (Å²) in [6, 6.07) is 2.49. The molecule has 1 fully saturated rings. The van der Waals surface area contributed by atoms with Crippen molar-refractivity contribution >= 4 is 5.97 Å². The average molecular weight is 362 g/mol. The molecule has 0 radical (unpaired) electrons. The van der Waals surface area contributed by atoms with Crippen LogP contribution in [0.1, 0.15) is 49.0 Å². The zero-order chi connectivity index (χ0) is 18.8. The van der Waals surface area contributed by atoms with Crippen molar-refractivity contribution in [1.82, 2.24) is 0 Å². The zero-order valence-corrected chi connectivity index (χ0v) is 15.1. The second kappa shape index (κ2) is 7.68. The van der Waals surface area contributed by atoms with E-state index in [9.17, 15) is 20.1 Å². The van der Waals surface area contributed by atoms with Crippen LogP contribution in [0, 0.1) is 5.92 Å². The molecule has 1 saturated heterocycles. The summed E-state index contributed by atoms with van der Waals surface area (Å²) in [6.07, 6.45) is 5.01. The molecular formula is C20H26O6. The van der Waals surface area contributed by atoms with Gasteiger partial charge in [0.2, 0.25) is 0 Å². The van der Waals surface area contributed by atoms with Crippen LogP contribution in [0.5, 0.6) is 11.5 Å². The third-order valence-corrected chi connectivity index (χ3v) is 4.95. The van der Waals surface area contributed by atoms with Gasteiger partial charge in [0.15, 0.2) is 0 Å². The summed E-state index contributed by atoms with van der Waals surface area (Å²) in [6.45, 7) is 3.95. The molecule has 6 nitrogen and oxygen atoms in total. The number of rotatable bonds is 1. The Morgan fingerprint density at radius 3 is 2.69 bits per heavy atom. The predicted molar refractivity (Wildman–Crippen MR) is 95.2 cm³/mol. The lowest BCUT2D eigenvalue weighted by atomic mass is 9.97. The molecule has 0 spiro atoms. The molecule has 2 heterocycles. The molecule has 1 unspecified atom stereocenters. The fourth-order valence-electron chi connectivity index (χ4n) is 3.40. The Balaban J connectivity index is 1.93. The fourth-order valence-corrected chi connectivity index (χ4v) is 3.40. The molecule has 4 atom stereocenters. The van der Waals surface area contributed by atoms with E-state index in [1.54, 1.807) is 6.08 Å². The number of esters is 1. The topological polar surface area (TPSA) is 99.5 Å². The van der Waals surface area contributed by atoms with Gasteiger partial charge in [0.05, 0.1) is 18.3 Å². The van der Waals surface area contributed by atoms with E-state index in [-0.39, 0.29) is 47.7 Å². The van der Waals surface area contributed by atoms with Gasteiger partial charge in [-0.25, -0.2) is 4.79 Å². The van der Waals surface area contributed by atoms with Crippen molar-refractivity contribution in [2.45, 2.75) is 63.9 Å². The van der Waals surface area contributed by atoms with Gasteiger partial charge in [-0.3, -0.25) is 0 Å². The summed E-state index contributed by atoms with van der Waals surface area (Å²) >= 11 is 0. The first kappa shape index (κ1) is 18.7. The number of carbonyl (C=O) groups is 1. The fraction of sp³-hybridized carbons (Fsp3) is 0.550. The number of phenolic OH excluding ortho intramolecular Hbond substituents is 2. The molecule has 0 aliphatic carbocycles. The molecule has 26 heavy (non-hydrogen) atoms. The molecular weight excluding hydrogens is 336 g/mol. The van der Waals surface area contributed by atoms with E-state index in [0.29, 0.717) is 12.0 Å². The van der Waals surface area contributed by atoms with Gasteiger partial charge in [0, 0.05) is 18.9 Å². The Morgan fingerprint density at radius 2 is 1.96 bits per heavy atom. The highest BCUT2D eigenvalue weighted by atomic mass is 16.6. The van der Waals surface area contributed by atoms with Crippen LogP contribution < -0.4 is 0 Å². The number of aliphatic hydroxyl groups excluding tert-OH is 1. The van der Waals surface area contributed by atoms with Crippen molar-refractivity contribution in [3.63, 3.8) is 0 Å². The molecule has 3 rings (SSSR count). The van der Waals surface area contributed by atoms with E-state index in [1.807, 2.05) is 19.9 Å². The standard InChI is InChI=1S/C20H26O6/c1-11(2)17-10-18-16(25-18)6-4-3-5-13(21)7-12-8-14(22)9-15(23)19(12)20(24)26-17/h3,5,8-9,11,13,16-18,21-23H,4,6-7,10H2,1-2H3/b5-3+/t13?,16-,17+,18-/m1/s1. The molecule has 0 amide bonds. The van der Waals surface area contributed by atoms with E-state index in [4.69, 9.17) is 9.47 Å². The van der Waals surface area contributed by atoms with E-state index < -0.39 is 12.1 Å². The van der Waals surface area contributed by atoms with Gasteiger partial charge in [-0.05, 0) is 30.4 Å². The van der Waals surface area contributed by atoms with Crippen LogP contribution >= 0.6 is 0 Å². The van der Waals surface area contributed by atoms with Gasteiger partial charge >= 0.3 is 5.97 Å². The first-order chi connectivity index (χ1) is 12.3. The van der Waals surface area contributed by atoms with E-state index >= 15 is 0 Å². The number of fused-ring (bicyclic) bond motifs is 2. The second-order valence-electron chi connectivity index (χ2n) is 7.41. The quantitative estimate of drug-likeness (QED) is 0.403. The molecule has 1 aromatic carbocycles. The van der Waals surface area contributed by atoms with Gasteiger partial charge in [-0.15, -0.1) is 0 Å². The Bertz CT molecular complexity index is 696. The van der Waals surface area contributed by atoms with Crippen LogP contribution in [0.15, 0.2) is 24.3 Å². The maximum atomic E-state index is 12.7. The van der Waals surface area contributed by atoms with Crippen molar-refractivity contribution in [2.75, 3.05) is 0 Å². The molecule has 6 heteroatoms. The smallest absolute Gasteiger partial charge is 0.342 e. The number of hydrogen-bond acceptors (Lipinski definition) is 6. The first-order valence-corrected chi connectivity index (χ1v) is 9.11. The molecule has 0 saturated carbocycles. The summed E-state index contributed by atoms with van der Waals surface area (Å²) in [5.41, 5.74) is 0.344.